The van der Waals surface area contributed by atoms with Gasteiger partial charge in [-0.15, -0.1) is 0 Å². The zero-order chi connectivity index (χ0) is 13.8. The van der Waals surface area contributed by atoms with E-state index >= 15 is 0 Å². The smallest absolute Gasteiger partial charge is 0.385 e. The fourth-order valence-electron chi connectivity index (χ4n) is 1.40. The Labute approximate surface area is 111 Å². The number of nitrogens with two attached hydrogens (primary N) is 1. The van der Waals surface area contributed by atoms with Gasteiger partial charge < -0.3 is 11.1 Å². The average Bonchev–Trinajstić information content (AvgIpc) is 2.22. The van der Waals surface area contributed by atoms with Gasteiger partial charge in [-0.1, -0.05) is 15.9 Å². The van der Waals surface area contributed by atoms with Crippen molar-refractivity contribution < 1.29 is 18.0 Å². The van der Waals surface area contributed by atoms with Crippen LogP contribution in [0.3, 0.4) is 0 Å². The Kier molecular flexibility index (Phi) is 5.01. The Morgan fingerprint density at radius 1 is 1.39 bits per heavy atom. The van der Waals surface area contributed by atoms with Crippen molar-refractivity contribution in [3.63, 3.8) is 0 Å². The standard InChI is InChI=1S/C11H12BrF3N2O/c12-7-3-4-8(11(13,14)15)9(6-7)17-5-1-2-10(16)18/h3-4,6,17H,1-2,5H2,(H2,16,18). The van der Waals surface area contributed by atoms with Gasteiger partial charge in [0.2, 0.25) is 5.91 Å². The Bertz CT molecular complexity index is 435. The highest BCUT2D eigenvalue weighted by molar-refractivity contribution is 9.10. The van der Waals surface area contributed by atoms with Crippen LogP contribution < -0.4 is 11.1 Å². The van der Waals surface area contributed by atoms with Crippen LogP contribution in [0.1, 0.15) is 18.4 Å². The van der Waals surface area contributed by atoms with Gasteiger partial charge in [0.05, 0.1) is 5.56 Å². The van der Waals surface area contributed by atoms with Gasteiger partial charge in [0, 0.05) is 23.1 Å². The summed E-state index contributed by atoms with van der Waals surface area (Å²) in [5.74, 6) is -0.470. The van der Waals surface area contributed by atoms with E-state index in [1.165, 1.54) is 12.1 Å². The predicted octanol–water partition coefficient (Wildman–Crippen LogP) is 3.15. The van der Waals surface area contributed by atoms with Gasteiger partial charge in [-0.05, 0) is 24.6 Å². The van der Waals surface area contributed by atoms with Crippen LogP contribution in [0.15, 0.2) is 22.7 Å². The first kappa shape index (κ1) is 14.8. The molecule has 1 rings (SSSR count). The fourth-order valence-corrected chi connectivity index (χ4v) is 1.76. The van der Waals surface area contributed by atoms with Gasteiger partial charge in [0.1, 0.15) is 0 Å². The van der Waals surface area contributed by atoms with E-state index in [1.807, 2.05) is 0 Å². The van der Waals surface area contributed by atoms with Crippen LogP contribution in [0.4, 0.5) is 18.9 Å². The molecular formula is C11H12BrF3N2O. The molecule has 1 aromatic carbocycles. The lowest BCUT2D eigenvalue weighted by Crippen LogP contribution is -2.14. The van der Waals surface area contributed by atoms with E-state index in [-0.39, 0.29) is 18.7 Å². The van der Waals surface area contributed by atoms with E-state index in [1.54, 1.807) is 0 Å². The molecule has 0 fully saturated rings. The van der Waals surface area contributed by atoms with Crippen molar-refractivity contribution in [3.05, 3.63) is 28.2 Å². The number of nitrogens with one attached hydrogen (secondary N) is 1. The minimum absolute atomic E-state index is 0.0126. The summed E-state index contributed by atoms with van der Waals surface area (Å²) in [6, 6.07) is 3.69. The Morgan fingerprint density at radius 2 is 2.06 bits per heavy atom. The highest BCUT2D eigenvalue weighted by Gasteiger charge is 2.33. The van der Waals surface area contributed by atoms with Gasteiger partial charge in [0.25, 0.3) is 0 Å². The lowest BCUT2D eigenvalue weighted by molar-refractivity contribution is -0.137. The number of carbonyl (C=O) groups is 1. The zero-order valence-electron chi connectivity index (χ0n) is 9.35. The van der Waals surface area contributed by atoms with Crippen molar-refractivity contribution in [2.24, 2.45) is 5.73 Å². The van der Waals surface area contributed by atoms with E-state index in [4.69, 9.17) is 5.73 Å². The SMILES string of the molecule is NC(=O)CCCNc1cc(Br)ccc1C(F)(F)F. The molecule has 0 saturated heterocycles. The molecule has 3 nitrogen and oxygen atoms in total. The molecule has 0 atom stereocenters. The maximum Gasteiger partial charge on any atom is 0.418 e. The quantitative estimate of drug-likeness (QED) is 0.817. The average molecular weight is 325 g/mol. The van der Waals surface area contributed by atoms with Gasteiger partial charge in [-0.3, -0.25) is 4.79 Å². The molecule has 0 heterocycles. The summed E-state index contributed by atoms with van der Waals surface area (Å²) < 4.78 is 38.6. The van der Waals surface area contributed by atoms with Gasteiger partial charge in [0.15, 0.2) is 0 Å². The molecule has 0 unspecified atom stereocenters. The molecule has 0 spiro atoms. The summed E-state index contributed by atoms with van der Waals surface area (Å²) in [7, 11) is 0. The van der Waals surface area contributed by atoms with Gasteiger partial charge >= 0.3 is 6.18 Å². The number of benzene rings is 1. The molecular weight excluding hydrogens is 313 g/mol. The van der Waals surface area contributed by atoms with Crippen LogP contribution >= 0.6 is 15.9 Å². The van der Waals surface area contributed by atoms with Crippen molar-refractivity contribution in [1.82, 2.24) is 0 Å². The minimum Gasteiger partial charge on any atom is -0.385 e. The normalized spacial score (nSPS) is 11.3. The number of amides is 1. The molecule has 7 heteroatoms. The molecule has 1 aromatic rings. The molecule has 100 valence electrons. The molecule has 0 saturated carbocycles. The van der Waals surface area contributed by atoms with Crippen LogP contribution in [0, 0.1) is 0 Å². The molecule has 0 bridgehead atoms. The lowest BCUT2D eigenvalue weighted by Gasteiger charge is -2.14. The predicted molar refractivity (Wildman–Crippen MR) is 66.1 cm³/mol. The Hall–Kier alpha value is -1.24. The summed E-state index contributed by atoms with van der Waals surface area (Å²) in [6.45, 7) is 0.252. The molecule has 1 amide bonds. The van der Waals surface area contributed by atoms with E-state index in [2.05, 4.69) is 21.2 Å². The first-order chi connectivity index (χ1) is 8.30. The van der Waals surface area contributed by atoms with Crippen LogP contribution in [0.25, 0.3) is 0 Å². The third-order valence-electron chi connectivity index (χ3n) is 2.20. The van der Waals surface area contributed by atoms with E-state index in [0.29, 0.717) is 10.9 Å². The molecule has 18 heavy (non-hydrogen) atoms. The van der Waals surface area contributed by atoms with Crippen molar-refractivity contribution in [2.75, 3.05) is 11.9 Å². The van der Waals surface area contributed by atoms with Crippen LogP contribution in [0.5, 0.6) is 0 Å². The third kappa shape index (κ3) is 4.56. The first-order valence-corrected chi connectivity index (χ1v) is 5.99. The van der Waals surface area contributed by atoms with Crippen LogP contribution in [0.2, 0.25) is 0 Å². The topological polar surface area (TPSA) is 55.1 Å². The number of anilines is 1. The minimum atomic E-state index is -4.41. The molecule has 0 aliphatic rings. The monoisotopic (exact) mass is 324 g/mol. The fraction of sp³-hybridized carbons (Fsp3) is 0.364. The summed E-state index contributed by atoms with van der Waals surface area (Å²) >= 11 is 3.11. The summed E-state index contributed by atoms with van der Waals surface area (Å²) in [5, 5.41) is 2.66. The number of carbonyl (C=O) groups excluding carboxylic acids is 1. The second kappa shape index (κ2) is 6.08. The number of primary amides is 1. The summed E-state index contributed by atoms with van der Waals surface area (Å²) in [4.78, 5) is 10.5. The number of rotatable bonds is 5. The Balaban J connectivity index is 2.74. The molecule has 0 aromatic heterocycles. The molecule has 0 aliphatic carbocycles. The van der Waals surface area contributed by atoms with Crippen molar-refractivity contribution in [2.45, 2.75) is 19.0 Å². The summed E-state index contributed by atoms with van der Waals surface area (Å²) in [5.41, 5.74) is 4.20. The molecule has 0 aliphatic heterocycles. The van der Waals surface area contributed by atoms with Gasteiger partial charge in [-0.25, -0.2) is 0 Å². The third-order valence-corrected chi connectivity index (χ3v) is 2.70. The summed E-state index contributed by atoms with van der Waals surface area (Å²) in [6.07, 6.45) is -3.88. The Morgan fingerprint density at radius 3 is 2.61 bits per heavy atom. The van der Waals surface area contributed by atoms with E-state index in [0.717, 1.165) is 6.07 Å². The first-order valence-electron chi connectivity index (χ1n) is 5.19. The number of halogens is 4. The second-order valence-corrected chi connectivity index (χ2v) is 4.60. The van der Waals surface area contributed by atoms with Crippen molar-refractivity contribution in [1.29, 1.82) is 0 Å². The molecule has 0 radical (unpaired) electrons. The van der Waals surface area contributed by atoms with Gasteiger partial charge in [-0.2, -0.15) is 13.2 Å². The second-order valence-electron chi connectivity index (χ2n) is 3.68. The maximum atomic E-state index is 12.7. The number of alkyl halides is 3. The van der Waals surface area contributed by atoms with Crippen LogP contribution in [-0.2, 0) is 11.0 Å². The highest BCUT2D eigenvalue weighted by atomic mass is 79.9. The lowest BCUT2D eigenvalue weighted by atomic mass is 10.1. The maximum absolute atomic E-state index is 12.7. The van der Waals surface area contributed by atoms with Crippen molar-refractivity contribution >= 4 is 27.5 Å². The number of hydrogen-bond donors (Lipinski definition) is 2. The largest absolute Gasteiger partial charge is 0.418 e. The van der Waals surface area contributed by atoms with Crippen molar-refractivity contribution in [3.8, 4) is 0 Å². The van der Waals surface area contributed by atoms with E-state index < -0.39 is 17.6 Å². The molecule has 3 N–H and O–H groups in total. The van der Waals surface area contributed by atoms with E-state index in [9.17, 15) is 18.0 Å². The number of hydrogen-bond acceptors (Lipinski definition) is 2. The highest BCUT2D eigenvalue weighted by Crippen LogP contribution is 2.36. The zero-order valence-corrected chi connectivity index (χ0v) is 10.9. The van der Waals surface area contributed by atoms with Crippen LogP contribution in [-0.4, -0.2) is 12.5 Å².